The Morgan fingerprint density at radius 1 is 1.25 bits per heavy atom. The van der Waals surface area contributed by atoms with Crippen molar-refractivity contribution in [1.29, 1.82) is 0 Å². The molecule has 2 aliphatic rings. The number of halogens is 1. The number of rotatable bonds is 3. The van der Waals surface area contributed by atoms with Crippen molar-refractivity contribution in [3.8, 4) is 5.75 Å². The molecule has 2 saturated carbocycles. The maximum absolute atomic E-state index is 6.50. The Morgan fingerprint density at radius 3 is 2.55 bits per heavy atom. The van der Waals surface area contributed by atoms with E-state index in [-0.39, 0.29) is 0 Å². The summed E-state index contributed by atoms with van der Waals surface area (Å²) in [6, 6.07) is 6.65. The van der Waals surface area contributed by atoms with E-state index in [9.17, 15) is 0 Å². The third-order valence-corrected chi connectivity index (χ3v) is 6.57. The van der Waals surface area contributed by atoms with Gasteiger partial charge in [0.15, 0.2) is 0 Å². The molecule has 1 nitrogen and oxygen atoms in total. The Bertz CT molecular complexity index is 488. The molecule has 0 bridgehead atoms. The number of hydrogen-bond acceptors (Lipinski definition) is 1. The maximum atomic E-state index is 6.50. The van der Waals surface area contributed by atoms with E-state index in [0.29, 0.717) is 22.3 Å². The van der Waals surface area contributed by atoms with E-state index < -0.39 is 0 Å². The van der Waals surface area contributed by atoms with Crippen molar-refractivity contribution >= 4 is 15.9 Å². The number of hydrogen-bond donors (Lipinski definition) is 0. The lowest BCUT2D eigenvalue weighted by atomic mass is 9.64. The van der Waals surface area contributed by atoms with Gasteiger partial charge in [-0.2, -0.15) is 0 Å². The molecular weight excluding hydrogens is 312 g/mol. The summed E-state index contributed by atoms with van der Waals surface area (Å²) < 4.78 is 6.50. The van der Waals surface area contributed by atoms with Crippen LogP contribution in [-0.2, 0) is 0 Å². The lowest BCUT2D eigenvalue weighted by molar-refractivity contribution is -0.0310. The highest BCUT2D eigenvalue weighted by Gasteiger charge is 2.56. The molecule has 0 saturated heterocycles. The molecule has 1 aromatic rings. The van der Waals surface area contributed by atoms with Crippen LogP contribution in [0.3, 0.4) is 0 Å². The van der Waals surface area contributed by atoms with E-state index >= 15 is 0 Å². The molecule has 3 rings (SSSR count). The average molecular weight is 337 g/mol. The standard InChI is InChI=1S/C18H25BrO/c1-12(2)14-7-6-13(3)10-15(14)20-17-11-16(19)18(17)8-4-5-9-18/h6-7,10,12,16-17H,4-5,8-9,11H2,1-3H3. The second kappa shape index (κ2) is 5.36. The van der Waals surface area contributed by atoms with E-state index in [4.69, 9.17) is 4.74 Å². The summed E-state index contributed by atoms with van der Waals surface area (Å²) in [6.45, 7) is 6.64. The van der Waals surface area contributed by atoms with Crippen LogP contribution in [-0.4, -0.2) is 10.9 Å². The lowest BCUT2D eigenvalue weighted by Gasteiger charge is -2.51. The summed E-state index contributed by atoms with van der Waals surface area (Å²) in [6.07, 6.45) is 6.96. The highest BCUT2D eigenvalue weighted by molar-refractivity contribution is 9.09. The normalized spacial score (nSPS) is 27.9. The van der Waals surface area contributed by atoms with Gasteiger partial charge in [0.05, 0.1) is 0 Å². The van der Waals surface area contributed by atoms with Crippen molar-refractivity contribution in [1.82, 2.24) is 0 Å². The fraction of sp³-hybridized carbons (Fsp3) is 0.667. The Balaban J connectivity index is 1.83. The molecule has 2 unspecified atom stereocenters. The van der Waals surface area contributed by atoms with Crippen molar-refractivity contribution in [3.05, 3.63) is 29.3 Å². The van der Waals surface area contributed by atoms with Gasteiger partial charge in [0.1, 0.15) is 11.9 Å². The predicted molar refractivity (Wildman–Crippen MR) is 87.9 cm³/mol. The third kappa shape index (κ3) is 2.30. The van der Waals surface area contributed by atoms with Gasteiger partial charge in [0.2, 0.25) is 0 Å². The van der Waals surface area contributed by atoms with Crippen molar-refractivity contribution in [2.75, 3.05) is 0 Å². The predicted octanol–water partition coefficient (Wildman–Crippen LogP) is 5.59. The van der Waals surface area contributed by atoms with Gasteiger partial charge in [0.25, 0.3) is 0 Å². The number of aryl methyl sites for hydroxylation is 1. The van der Waals surface area contributed by atoms with Gasteiger partial charge in [-0.05, 0) is 49.3 Å². The van der Waals surface area contributed by atoms with Gasteiger partial charge in [-0.15, -0.1) is 0 Å². The monoisotopic (exact) mass is 336 g/mol. The summed E-state index contributed by atoms with van der Waals surface area (Å²) in [5.41, 5.74) is 3.05. The Hall–Kier alpha value is -0.500. The molecule has 0 radical (unpaired) electrons. The molecule has 2 fully saturated rings. The first-order valence-electron chi connectivity index (χ1n) is 7.94. The van der Waals surface area contributed by atoms with Gasteiger partial charge < -0.3 is 4.74 Å². The van der Waals surface area contributed by atoms with E-state index in [1.807, 2.05) is 0 Å². The summed E-state index contributed by atoms with van der Waals surface area (Å²) in [5, 5.41) is 0. The van der Waals surface area contributed by atoms with Gasteiger partial charge in [-0.25, -0.2) is 0 Å². The molecule has 2 aliphatic carbocycles. The van der Waals surface area contributed by atoms with E-state index in [0.717, 1.165) is 12.2 Å². The Morgan fingerprint density at radius 2 is 1.95 bits per heavy atom. The largest absolute Gasteiger partial charge is 0.489 e. The Labute approximate surface area is 131 Å². The van der Waals surface area contributed by atoms with Gasteiger partial charge in [-0.3, -0.25) is 0 Å². The summed E-state index contributed by atoms with van der Waals surface area (Å²) in [4.78, 5) is 0.662. The van der Waals surface area contributed by atoms with Crippen LogP contribution >= 0.6 is 15.9 Å². The van der Waals surface area contributed by atoms with Gasteiger partial charge in [0, 0.05) is 10.2 Å². The van der Waals surface area contributed by atoms with E-state index in [2.05, 4.69) is 54.9 Å². The van der Waals surface area contributed by atoms with Crippen LogP contribution in [0.4, 0.5) is 0 Å². The number of benzene rings is 1. The molecule has 110 valence electrons. The van der Waals surface area contributed by atoms with Crippen molar-refractivity contribution < 1.29 is 4.74 Å². The van der Waals surface area contributed by atoms with Crippen LogP contribution in [0.1, 0.15) is 63.0 Å². The number of alkyl halides is 1. The SMILES string of the molecule is Cc1ccc(C(C)C)c(OC2CC(Br)C23CCCC3)c1. The molecule has 2 atom stereocenters. The van der Waals surface area contributed by atoms with Crippen molar-refractivity contribution in [2.45, 2.75) is 69.7 Å². The van der Waals surface area contributed by atoms with Crippen LogP contribution in [0.5, 0.6) is 5.75 Å². The zero-order valence-electron chi connectivity index (χ0n) is 12.8. The molecule has 0 N–H and O–H groups in total. The molecule has 1 spiro atoms. The van der Waals surface area contributed by atoms with Crippen LogP contribution in [0.15, 0.2) is 18.2 Å². The fourth-order valence-electron chi connectivity index (χ4n) is 3.91. The second-order valence-electron chi connectivity index (χ2n) is 6.95. The van der Waals surface area contributed by atoms with Gasteiger partial charge >= 0.3 is 0 Å². The average Bonchev–Trinajstić information content (AvgIpc) is 2.90. The molecule has 0 amide bonds. The third-order valence-electron chi connectivity index (χ3n) is 5.28. The zero-order valence-corrected chi connectivity index (χ0v) is 14.4. The fourth-order valence-corrected chi connectivity index (χ4v) is 5.00. The van der Waals surface area contributed by atoms with Crippen LogP contribution in [0.2, 0.25) is 0 Å². The topological polar surface area (TPSA) is 9.23 Å². The smallest absolute Gasteiger partial charge is 0.123 e. The van der Waals surface area contributed by atoms with Crippen LogP contribution in [0.25, 0.3) is 0 Å². The highest BCUT2D eigenvalue weighted by Crippen LogP contribution is 2.58. The summed E-state index contributed by atoms with van der Waals surface area (Å²) in [5.74, 6) is 1.64. The zero-order chi connectivity index (χ0) is 14.3. The minimum atomic E-state index is 0.411. The first-order valence-corrected chi connectivity index (χ1v) is 8.86. The minimum absolute atomic E-state index is 0.411. The molecule has 2 heteroatoms. The second-order valence-corrected chi connectivity index (χ2v) is 8.05. The summed E-state index contributed by atoms with van der Waals surface area (Å²) >= 11 is 3.88. The quantitative estimate of drug-likeness (QED) is 0.653. The highest BCUT2D eigenvalue weighted by atomic mass is 79.9. The Kier molecular flexibility index (Phi) is 3.87. The summed E-state index contributed by atoms with van der Waals surface area (Å²) in [7, 11) is 0. The first kappa shape index (κ1) is 14.4. The van der Waals surface area contributed by atoms with Crippen LogP contribution in [0, 0.1) is 12.3 Å². The molecule has 20 heavy (non-hydrogen) atoms. The maximum Gasteiger partial charge on any atom is 0.123 e. The lowest BCUT2D eigenvalue weighted by Crippen LogP contribution is -2.55. The van der Waals surface area contributed by atoms with Crippen molar-refractivity contribution in [2.24, 2.45) is 5.41 Å². The first-order chi connectivity index (χ1) is 9.53. The van der Waals surface area contributed by atoms with Crippen molar-refractivity contribution in [3.63, 3.8) is 0 Å². The molecule has 0 aliphatic heterocycles. The van der Waals surface area contributed by atoms with Gasteiger partial charge in [-0.1, -0.05) is 54.8 Å². The number of ether oxygens (including phenoxy) is 1. The molecule has 0 aromatic heterocycles. The molecule has 1 aromatic carbocycles. The van der Waals surface area contributed by atoms with E-state index in [1.165, 1.54) is 36.8 Å². The van der Waals surface area contributed by atoms with E-state index in [1.54, 1.807) is 0 Å². The van der Waals surface area contributed by atoms with Crippen LogP contribution < -0.4 is 4.74 Å². The molecular formula is C18H25BrO. The minimum Gasteiger partial charge on any atom is -0.489 e. The molecule has 0 heterocycles.